The zero-order chi connectivity index (χ0) is 59.9. The zero-order valence-electron chi connectivity index (χ0n) is 52.9. The second-order valence-electron chi connectivity index (χ2n) is 20.9. The Bertz CT molecular complexity index is 1990. The van der Waals surface area contributed by atoms with E-state index in [0.29, 0.717) is 19.3 Å². The van der Waals surface area contributed by atoms with Gasteiger partial charge in [0.15, 0.2) is 6.10 Å². The number of unbranched alkanes of at least 4 members (excludes halogenated alkanes) is 14. The van der Waals surface area contributed by atoms with Gasteiger partial charge in [-0.05, 0) is 161 Å². The minimum atomic E-state index is -0.827. The first kappa shape index (κ1) is 77.2. The van der Waals surface area contributed by atoms with Gasteiger partial charge in [-0.25, -0.2) is 0 Å². The molecule has 0 saturated heterocycles. The molecule has 0 amide bonds. The maximum Gasteiger partial charge on any atom is 0.306 e. The molecule has 1 atom stereocenters. The van der Waals surface area contributed by atoms with Gasteiger partial charge in [-0.2, -0.15) is 0 Å². The van der Waals surface area contributed by atoms with Crippen LogP contribution in [0.1, 0.15) is 252 Å². The minimum absolute atomic E-state index is 0.118. The van der Waals surface area contributed by atoms with Crippen molar-refractivity contribution in [1.82, 2.24) is 0 Å². The molecule has 0 aromatic heterocycles. The van der Waals surface area contributed by atoms with Crippen LogP contribution in [0.3, 0.4) is 0 Å². The van der Waals surface area contributed by atoms with E-state index in [-0.39, 0.29) is 37.5 Å². The Morgan fingerprint density at radius 3 is 0.699 bits per heavy atom. The van der Waals surface area contributed by atoms with Crippen LogP contribution in [-0.4, -0.2) is 37.2 Å². The summed E-state index contributed by atoms with van der Waals surface area (Å²) in [5.74, 6) is -0.997. The monoisotopic (exact) mass is 1140 g/mol. The number of hydrogen-bond donors (Lipinski definition) is 0. The second kappa shape index (κ2) is 68.7. The Labute approximate surface area is 509 Å². The average Bonchev–Trinajstić information content (AvgIpc) is 3.49. The van der Waals surface area contributed by atoms with Gasteiger partial charge in [-0.15, -0.1) is 0 Å². The van der Waals surface area contributed by atoms with E-state index in [1.165, 1.54) is 19.3 Å². The lowest BCUT2D eigenvalue weighted by atomic mass is 10.1. The van der Waals surface area contributed by atoms with Crippen LogP contribution in [0.15, 0.2) is 194 Å². The molecule has 0 N–H and O–H groups in total. The third-order valence-corrected chi connectivity index (χ3v) is 13.1. The van der Waals surface area contributed by atoms with Crippen LogP contribution < -0.4 is 0 Å². The molecule has 462 valence electrons. The maximum absolute atomic E-state index is 12.9. The van der Waals surface area contributed by atoms with Gasteiger partial charge in [0.1, 0.15) is 13.2 Å². The molecular weight excluding hydrogens is 1020 g/mol. The van der Waals surface area contributed by atoms with Crippen LogP contribution in [0.4, 0.5) is 0 Å². The molecule has 0 bridgehead atoms. The molecule has 0 spiro atoms. The summed E-state index contributed by atoms with van der Waals surface area (Å²) in [6.45, 7) is 6.23. The molecule has 0 rings (SSSR count). The molecule has 1 unspecified atom stereocenters. The van der Waals surface area contributed by atoms with Crippen LogP contribution >= 0.6 is 0 Å². The minimum Gasteiger partial charge on any atom is -0.462 e. The number of ether oxygens (including phenoxy) is 3. The van der Waals surface area contributed by atoms with Crippen molar-refractivity contribution in [2.45, 2.75) is 258 Å². The highest BCUT2D eigenvalue weighted by atomic mass is 16.6. The summed E-state index contributed by atoms with van der Waals surface area (Å²) in [5, 5.41) is 0. The van der Waals surface area contributed by atoms with Gasteiger partial charge in [-0.3, -0.25) is 14.4 Å². The third-order valence-electron chi connectivity index (χ3n) is 13.1. The van der Waals surface area contributed by atoms with Gasteiger partial charge in [0, 0.05) is 19.3 Å². The lowest BCUT2D eigenvalue weighted by molar-refractivity contribution is -0.167. The van der Waals surface area contributed by atoms with E-state index in [1.807, 2.05) is 0 Å². The Balaban J connectivity index is 4.49. The number of hydrogen-bond acceptors (Lipinski definition) is 6. The van der Waals surface area contributed by atoms with Crippen molar-refractivity contribution in [2.75, 3.05) is 13.2 Å². The molecule has 0 radical (unpaired) electrons. The van der Waals surface area contributed by atoms with Crippen LogP contribution in [0, 0.1) is 0 Å². The largest absolute Gasteiger partial charge is 0.462 e. The molecule has 0 aliphatic heterocycles. The van der Waals surface area contributed by atoms with Gasteiger partial charge in [0.25, 0.3) is 0 Å². The van der Waals surface area contributed by atoms with Gasteiger partial charge in [0.2, 0.25) is 0 Å². The topological polar surface area (TPSA) is 78.9 Å². The lowest BCUT2D eigenvalue weighted by Crippen LogP contribution is -2.30. The summed E-state index contributed by atoms with van der Waals surface area (Å²) >= 11 is 0. The highest BCUT2D eigenvalue weighted by molar-refractivity contribution is 5.71. The number of esters is 3. The van der Waals surface area contributed by atoms with E-state index < -0.39 is 6.10 Å². The second-order valence-corrected chi connectivity index (χ2v) is 20.9. The molecule has 0 fully saturated rings. The first-order valence-electron chi connectivity index (χ1n) is 32.9. The fourth-order valence-electron chi connectivity index (χ4n) is 8.26. The normalized spacial score (nSPS) is 13.4. The van der Waals surface area contributed by atoms with Crippen molar-refractivity contribution in [2.24, 2.45) is 0 Å². The Morgan fingerprint density at radius 2 is 0.434 bits per heavy atom. The summed E-state index contributed by atoms with van der Waals surface area (Å²) < 4.78 is 16.9. The molecule has 6 heteroatoms. The van der Waals surface area contributed by atoms with E-state index in [9.17, 15) is 14.4 Å². The summed E-state index contributed by atoms with van der Waals surface area (Å²) in [4.78, 5) is 38.4. The summed E-state index contributed by atoms with van der Waals surface area (Å²) in [5.41, 5.74) is 0. The lowest BCUT2D eigenvalue weighted by Gasteiger charge is -2.18. The van der Waals surface area contributed by atoms with Gasteiger partial charge in [-0.1, -0.05) is 267 Å². The SMILES string of the molecule is CC/C=C\C/C=C\C/C=C\C/C=C\C/C=C\C/C=C\C/C=C\CCCCCCCCCC(=O)OCC(COC(=O)CCCCCCC/C=C\C/C=C\C/C=C\CC)OC(=O)CCCC/C=C\C/C=C\C/C=C\C/C=C\C/C=C\C/C=C\CC. The van der Waals surface area contributed by atoms with Crippen molar-refractivity contribution in [3.63, 3.8) is 0 Å². The standard InChI is InChI=1S/C77H118O6/c1-4-7-10-13-16-19-22-25-28-30-32-34-35-36-37-38-39-40-41-43-44-46-49-52-55-58-61-64-67-70-76(79)82-73-74(72-81-75(78)69-66-63-60-57-54-51-48-27-24-21-18-15-12-9-6-3)83-77(80)71-68-65-62-59-56-53-50-47-45-42-33-31-29-26-23-20-17-14-11-8-5-2/h7-12,16-21,25-29,32-34,36-37,39-40,42-44,47-48,50,56,59,74H,4-6,13-15,22-24,30-31,35,38,41,45-46,49,51-55,57-58,60-73H2,1-3H3/b10-7-,11-8-,12-9-,19-16-,20-17-,21-18-,28-25-,29-26-,34-32-,37-36-,40-39-,42-33-,44-43-,48-27-,50-47-,59-56-. The molecule has 0 heterocycles. The summed E-state index contributed by atoms with van der Waals surface area (Å²) in [6, 6.07) is 0. The van der Waals surface area contributed by atoms with Crippen molar-refractivity contribution in [1.29, 1.82) is 0 Å². The highest BCUT2D eigenvalue weighted by Crippen LogP contribution is 2.13. The van der Waals surface area contributed by atoms with Crippen LogP contribution in [0.2, 0.25) is 0 Å². The van der Waals surface area contributed by atoms with Crippen molar-refractivity contribution < 1.29 is 28.6 Å². The Hall–Kier alpha value is -5.75. The fraction of sp³-hybridized carbons (Fsp3) is 0.545. The highest BCUT2D eigenvalue weighted by Gasteiger charge is 2.19. The number of carbonyl (C=O) groups is 3. The van der Waals surface area contributed by atoms with Crippen LogP contribution in [0.5, 0.6) is 0 Å². The molecular formula is C77H118O6. The van der Waals surface area contributed by atoms with Gasteiger partial charge < -0.3 is 14.2 Å². The van der Waals surface area contributed by atoms with Crippen LogP contribution in [-0.2, 0) is 28.6 Å². The van der Waals surface area contributed by atoms with E-state index in [0.717, 1.165) is 186 Å². The Kier molecular flexibility index (Phi) is 64.0. The number of rotatable bonds is 57. The van der Waals surface area contributed by atoms with Gasteiger partial charge in [0.05, 0.1) is 0 Å². The molecule has 0 aromatic carbocycles. The summed E-state index contributed by atoms with van der Waals surface area (Å²) in [6.07, 6.45) is 104. The molecule has 6 nitrogen and oxygen atoms in total. The van der Waals surface area contributed by atoms with E-state index in [1.54, 1.807) is 0 Å². The fourth-order valence-corrected chi connectivity index (χ4v) is 8.26. The van der Waals surface area contributed by atoms with E-state index in [4.69, 9.17) is 14.2 Å². The van der Waals surface area contributed by atoms with E-state index >= 15 is 0 Å². The molecule has 83 heavy (non-hydrogen) atoms. The quantitative estimate of drug-likeness (QED) is 0.0261. The van der Waals surface area contributed by atoms with Crippen molar-refractivity contribution in [3.05, 3.63) is 194 Å². The first-order chi connectivity index (χ1) is 41.0. The number of allylic oxidation sites excluding steroid dienone is 32. The predicted molar refractivity (Wildman–Crippen MR) is 361 cm³/mol. The number of carbonyl (C=O) groups excluding carboxylic acids is 3. The average molecular weight is 1140 g/mol. The van der Waals surface area contributed by atoms with Gasteiger partial charge >= 0.3 is 17.9 Å². The molecule has 0 saturated carbocycles. The molecule has 0 aliphatic carbocycles. The smallest absolute Gasteiger partial charge is 0.306 e. The van der Waals surface area contributed by atoms with E-state index in [2.05, 4.69) is 215 Å². The third kappa shape index (κ3) is 66.9. The zero-order valence-corrected chi connectivity index (χ0v) is 52.9. The first-order valence-corrected chi connectivity index (χ1v) is 32.9. The maximum atomic E-state index is 12.9. The van der Waals surface area contributed by atoms with Crippen LogP contribution in [0.25, 0.3) is 0 Å². The predicted octanol–water partition coefficient (Wildman–Crippen LogP) is 23.0. The molecule has 0 aromatic rings. The molecule has 0 aliphatic rings. The summed E-state index contributed by atoms with van der Waals surface area (Å²) in [7, 11) is 0. The Morgan fingerprint density at radius 1 is 0.241 bits per heavy atom. The van der Waals surface area contributed by atoms with Crippen molar-refractivity contribution in [3.8, 4) is 0 Å². The van der Waals surface area contributed by atoms with Crippen molar-refractivity contribution >= 4 is 17.9 Å².